The van der Waals surface area contributed by atoms with Crippen LogP contribution in [-0.4, -0.2) is 42.2 Å². The summed E-state index contributed by atoms with van der Waals surface area (Å²) >= 11 is 0. The first-order valence-corrected chi connectivity index (χ1v) is 12.0. The van der Waals surface area contributed by atoms with E-state index in [9.17, 15) is 9.18 Å². The number of rotatable bonds is 7. The van der Waals surface area contributed by atoms with Crippen LogP contribution >= 0.6 is 0 Å². The van der Waals surface area contributed by atoms with Crippen molar-refractivity contribution < 1.29 is 13.9 Å². The van der Waals surface area contributed by atoms with Crippen molar-refractivity contribution in [2.45, 2.75) is 50.6 Å². The second kappa shape index (κ2) is 9.27. The normalized spacial score (nSPS) is 17.1. The van der Waals surface area contributed by atoms with Crippen LogP contribution in [0.15, 0.2) is 42.6 Å². The van der Waals surface area contributed by atoms with Crippen molar-refractivity contribution in [1.82, 2.24) is 9.47 Å². The van der Waals surface area contributed by atoms with Crippen LogP contribution < -0.4 is 5.73 Å². The highest BCUT2D eigenvalue weighted by Gasteiger charge is 2.31. The molecule has 1 aliphatic carbocycles. The van der Waals surface area contributed by atoms with Gasteiger partial charge < -0.3 is 19.9 Å². The lowest BCUT2D eigenvalue weighted by atomic mass is 9.88. The topological polar surface area (TPSA) is 60.5 Å². The van der Waals surface area contributed by atoms with Gasteiger partial charge in [0, 0.05) is 44.9 Å². The Labute approximate surface area is 194 Å². The van der Waals surface area contributed by atoms with Crippen molar-refractivity contribution >= 4 is 16.8 Å². The predicted octanol–water partition coefficient (Wildman–Crippen LogP) is 4.78. The minimum absolute atomic E-state index is 0.0683. The number of para-hydroxylation sites is 1. The summed E-state index contributed by atoms with van der Waals surface area (Å²) < 4.78 is 22.0. The molecule has 2 aliphatic rings. The van der Waals surface area contributed by atoms with Crippen LogP contribution in [0.4, 0.5) is 4.39 Å². The number of ether oxygens (including phenoxy) is 1. The maximum atomic E-state index is 14.5. The molecule has 0 unspecified atom stereocenters. The van der Waals surface area contributed by atoms with E-state index in [0.717, 1.165) is 41.5 Å². The molecule has 1 aliphatic heterocycles. The third-order valence-electron chi connectivity index (χ3n) is 7.23. The van der Waals surface area contributed by atoms with Crippen molar-refractivity contribution in [1.29, 1.82) is 0 Å². The number of hydrogen-bond donors (Lipinski definition) is 1. The van der Waals surface area contributed by atoms with Gasteiger partial charge in [-0.3, -0.25) is 4.79 Å². The summed E-state index contributed by atoms with van der Waals surface area (Å²) in [5.41, 5.74) is 10.7. The van der Waals surface area contributed by atoms with E-state index in [-0.39, 0.29) is 17.6 Å². The molecule has 2 aromatic carbocycles. The molecule has 6 heteroatoms. The molecule has 2 fully saturated rings. The zero-order valence-electron chi connectivity index (χ0n) is 19.2. The van der Waals surface area contributed by atoms with E-state index in [4.69, 9.17) is 10.5 Å². The van der Waals surface area contributed by atoms with Crippen LogP contribution in [0.1, 0.15) is 64.6 Å². The Bertz CT molecular complexity index is 1160. The van der Waals surface area contributed by atoms with Crippen molar-refractivity contribution in [2.24, 2.45) is 5.73 Å². The number of amides is 1. The quantitative estimate of drug-likeness (QED) is 0.565. The number of carbonyl (C=O) groups excluding carboxylic acids is 1. The molecular formula is C27H32FN3O2. The summed E-state index contributed by atoms with van der Waals surface area (Å²) in [6, 6.07) is 11.5. The Balaban J connectivity index is 1.38. The largest absolute Gasteiger partial charge is 0.383 e. The Morgan fingerprint density at radius 3 is 2.55 bits per heavy atom. The van der Waals surface area contributed by atoms with E-state index in [0.29, 0.717) is 32.2 Å². The Kier molecular flexibility index (Phi) is 6.21. The molecule has 1 saturated heterocycles. The lowest BCUT2D eigenvalue weighted by molar-refractivity contribution is 0.0714. The molecule has 0 spiro atoms. The lowest BCUT2D eigenvalue weighted by Gasteiger charge is -2.32. The van der Waals surface area contributed by atoms with Gasteiger partial charge in [-0.05, 0) is 60.3 Å². The van der Waals surface area contributed by atoms with Gasteiger partial charge in [-0.1, -0.05) is 30.3 Å². The average molecular weight is 450 g/mol. The molecule has 3 aromatic rings. The molecule has 5 rings (SSSR count). The van der Waals surface area contributed by atoms with Crippen LogP contribution in [-0.2, 0) is 17.8 Å². The summed E-state index contributed by atoms with van der Waals surface area (Å²) in [6.45, 7) is 2.99. The molecular weight excluding hydrogens is 417 g/mol. The third kappa shape index (κ3) is 4.30. The van der Waals surface area contributed by atoms with Crippen molar-refractivity contribution in [3.8, 4) is 0 Å². The molecule has 2 heterocycles. The van der Waals surface area contributed by atoms with Crippen LogP contribution in [0.3, 0.4) is 0 Å². The van der Waals surface area contributed by atoms with E-state index in [2.05, 4.69) is 22.8 Å². The first-order valence-electron chi connectivity index (χ1n) is 12.0. The van der Waals surface area contributed by atoms with Gasteiger partial charge in [0.05, 0.1) is 17.7 Å². The minimum atomic E-state index is -0.175. The number of methoxy groups -OCH3 is 1. The van der Waals surface area contributed by atoms with Gasteiger partial charge in [0.1, 0.15) is 5.82 Å². The van der Waals surface area contributed by atoms with Crippen LogP contribution in [0.2, 0.25) is 0 Å². The fraction of sp³-hybridized carbons (Fsp3) is 0.444. The van der Waals surface area contributed by atoms with E-state index < -0.39 is 0 Å². The molecule has 0 atom stereocenters. The Hall–Kier alpha value is -2.70. The minimum Gasteiger partial charge on any atom is -0.383 e. The van der Waals surface area contributed by atoms with Crippen LogP contribution in [0.25, 0.3) is 10.9 Å². The highest BCUT2D eigenvalue weighted by atomic mass is 19.1. The number of halogens is 1. The number of piperidine rings is 1. The molecule has 33 heavy (non-hydrogen) atoms. The summed E-state index contributed by atoms with van der Waals surface area (Å²) in [4.78, 5) is 15.5. The molecule has 174 valence electrons. The molecule has 0 bridgehead atoms. The monoisotopic (exact) mass is 449 g/mol. The predicted molar refractivity (Wildman–Crippen MR) is 128 cm³/mol. The number of likely N-dealkylation sites (tertiary alicyclic amines) is 1. The Morgan fingerprint density at radius 1 is 1.09 bits per heavy atom. The summed E-state index contributed by atoms with van der Waals surface area (Å²) in [7, 11) is 1.70. The van der Waals surface area contributed by atoms with E-state index in [1.54, 1.807) is 13.2 Å². The molecule has 0 radical (unpaired) electrons. The first kappa shape index (κ1) is 22.1. The van der Waals surface area contributed by atoms with Gasteiger partial charge in [-0.25, -0.2) is 4.39 Å². The van der Waals surface area contributed by atoms with Gasteiger partial charge >= 0.3 is 0 Å². The standard InChI is InChI=1S/C27H32FN3O2/c1-33-14-13-31-17-24(22-4-2-3-21(26(22)31)19-6-7-19)27(32)30-11-9-20(10-12-30)23-15-18(16-29)5-8-25(23)28/h2-5,8,15,17,19-20H,6-7,9-14,16,29H2,1H3. The number of hydrogen-bond acceptors (Lipinski definition) is 3. The molecule has 2 N–H and O–H groups in total. The highest BCUT2D eigenvalue weighted by molar-refractivity contribution is 6.07. The van der Waals surface area contributed by atoms with E-state index in [1.165, 1.54) is 30.0 Å². The second-order valence-corrected chi connectivity index (χ2v) is 9.37. The highest BCUT2D eigenvalue weighted by Crippen LogP contribution is 2.44. The summed E-state index contributed by atoms with van der Waals surface area (Å²) in [6.07, 6.45) is 5.95. The second-order valence-electron chi connectivity index (χ2n) is 9.37. The Morgan fingerprint density at radius 2 is 1.85 bits per heavy atom. The average Bonchev–Trinajstić information content (AvgIpc) is 3.63. The van der Waals surface area contributed by atoms with Gasteiger partial charge in [0.25, 0.3) is 5.91 Å². The van der Waals surface area contributed by atoms with Gasteiger partial charge in [0.2, 0.25) is 0 Å². The van der Waals surface area contributed by atoms with Crippen LogP contribution in [0, 0.1) is 5.82 Å². The van der Waals surface area contributed by atoms with Gasteiger partial charge in [0.15, 0.2) is 0 Å². The van der Waals surface area contributed by atoms with Crippen molar-refractivity contribution in [3.63, 3.8) is 0 Å². The summed E-state index contributed by atoms with van der Waals surface area (Å²) in [5.74, 6) is 0.609. The molecule has 1 saturated carbocycles. The zero-order valence-corrected chi connectivity index (χ0v) is 19.2. The third-order valence-corrected chi connectivity index (χ3v) is 7.23. The van der Waals surface area contributed by atoms with E-state index in [1.807, 2.05) is 17.2 Å². The van der Waals surface area contributed by atoms with Gasteiger partial charge in [-0.15, -0.1) is 0 Å². The maximum Gasteiger partial charge on any atom is 0.256 e. The fourth-order valence-corrected chi connectivity index (χ4v) is 5.25. The van der Waals surface area contributed by atoms with Gasteiger partial charge in [-0.2, -0.15) is 0 Å². The number of fused-ring (bicyclic) bond motifs is 1. The van der Waals surface area contributed by atoms with Crippen LogP contribution in [0.5, 0.6) is 0 Å². The van der Waals surface area contributed by atoms with E-state index >= 15 is 0 Å². The molecule has 1 aromatic heterocycles. The smallest absolute Gasteiger partial charge is 0.256 e. The zero-order chi connectivity index (χ0) is 22.9. The maximum absolute atomic E-state index is 14.5. The number of carbonyl (C=O) groups is 1. The number of aromatic nitrogens is 1. The SMILES string of the molecule is COCCn1cc(C(=O)N2CCC(c3cc(CN)ccc3F)CC2)c2cccc(C3CC3)c21. The molecule has 5 nitrogen and oxygen atoms in total. The van der Waals surface area contributed by atoms with Crippen molar-refractivity contribution in [3.05, 3.63) is 70.7 Å². The number of benzene rings is 2. The van der Waals surface area contributed by atoms with Crippen molar-refractivity contribution in [2.75, 3.05) is 26.8 Å². The molecule has 1 amide bonds. The number of nitrogens with two attached hydrogens (primary N) is 1. The first-order chi connectivity index (χ1) is 16.1. The summed E-state index contributed by atoms with van der Waals surface area (Å²) in [5, 5.41) is 1.03. The lowest BCUT2D eigenvalue weighted by Crippen LogP contribution is -2.38. The fourth-order valence-electron chi connectivity index (χ4n) is 5.25. The number of nitrogens with zero attached hydrogens (tertiary/aromatic N) is 2.